The first-order valence-electron chi connectivity index (χ1n) is 6.74. The van der Waals surface area contributed by atoms with Crippen LogP contribution in [0, 0.1) is 0 Å². The minimum atomic E-state index is -1.09. The number of carbonyl (C=O) groups is 3. The molecule has 0 spiro atoms. The van der Waals surface area contributed by atoms with Crippen molar-refractivity contribution in [3.63, 3.8) is 0 Å². The molecule has 1 saturated heterocycles. The van der Waals surface area contributed by atoms with Gasteiger partial charge in [0.1, 0.15) is 0 Å². The molecule has 1 aromatic rings. The predicted octanol–water partition coefficient (Wildman–Crippen LogP) is 0.656. The molecule has 0 unspecified atom stereocenters. The van der Waals surface area contributed by atoms with E-state index in [9.17, 15) is 19.5 Å². The van der Waals surface area contributed by atoms with Crippen LogP contribution < -0.4 is 5.32 Å². The molecule has 1 fully saturated rings. The summed E-state index contributed by atoms with van der Waals surface area (Å²) in [5.74, 6) is -1.22. The molecule has 116 valence electrons. The lowest BCUT2D eigenvalue weighted by Crippen LogP contribution is -2.52. The minimum Gasteiger partial charge on any atom is -0.480 e. The number of nitrogens with one attached hydrogen (secondary N) is 1. The van der Waals surface area contributed by atoms with E-state index in [1.807, 2.05) is 0 Å². The van der Waals surface area contributed by atoms with Crippen LogP contribution in [0.5, 0.6) is 0 Å². The second-order valence-corrected chi connectivity index (χ2v) is 5.99. The number of nitrogens with zero attached hydrogens (tertiary/aromatic N) is 1. The normalized spacial score (nSPS) is 21.0. The Balaban J connectivity index is 1.86. The van der Waals surface area contributed by atoms with E-state index in [1.165, 1.54) is 16.7 Å². The second kappa shape index (κ2) is 5.98. The van der Waals surface area contributed by atoms with Crippen molar-refractivity contribution in [2.24, 2.45) is 0 Å². The van der Waals surface area contributed by atoms with E-state index in [1.54, 1.807) is 18.2 Å². The van der Waals surface area contributed by atoms with Crippen LogP contribution in [-0.4, -0.2) is 59.3 Å². The van der Waals surface area contributed by atoms with Crippen molar-refractivity contribution < 1.29 is 24.2 Å². The summed E-state index contributed by atoms with van der Waals surface area (Å²) in [5, 5.41) is 11.9. The van der Waals surface area contributed by atoms with Gasteiger partial charge in [0.15, 0.2) is 6.04 Å². The number of carboxylic acids is 1. The van der Waals surface area contributed by atoms with Crippen molar-refractivity contribution in [2.45, 2.75) is 10.9 Å². The number of hydrogen-bond acceptors (Lipinski definition) is 5. The van der Waals surface area contributed by atoms with Crippen LogP contribution in [-0.2, 0) is 14.3 Å². The number of benzene rings is 1. The summed E-state index contributed by atoms with van der Waals surface area (Å²) in [4.78, 5) is 37.4. The van der Waals surface area contributed by atoms with Crippen molar-refractivity contribution in [1.29, 1.82) is 0 Å². The number of aliphatic carboxylic acids is 1. The number of fused-ring (bicyclic) bond motifs is 1. The number of rotatable bonds is 2. The van der Waals surface area contributed by atoms with Crippen LogP contribution in [0.4, 0.5) is 5.69 Å². The molecule has 8 heteroatoms. The number of carbonyl (C=O) groups excluding carboxylic acids is 2. The van der Waals surface area contributed by atoms with Gasteiger partial charge in [-0.15, -0.1) is 11.8 Å². The average molecular weight is 322 g/mol. The molecular formula is C14H14N2O5S. The Bertz CT molecular complexity index is 648. The maximum atomic E-state index is 12.6. The Morgan fingerprint density at radius 3 is 3.00 bits per heavy atom. The number of amides is 2. The summed E-state index contributed by atoms with van der Waals surface area (Å²) >= 11 is 1.41. The summed E-state index contributed by atoms with van der Waals surface area (Å²) in [6.45, 7) is 0.527. The third kappa shape index (κ3) is 2.79. The second-order valence-electron chi connectivity index (χ2n) is 4.98. The molecule has 7 nitrogen and oxygen atoms in total. The van der Waals surface area contributed by atoms with Crippen LogP contribution in [0.1, 0.15) is 10.4 Å². The topological polar surface area (TPSA) is 95.9 Å². The highest BCUT2D eigenvalue weighted by atomic mass is 32.2. The summed E-state index contributed by atoms with van der Waals surface area (Å²) in [6.07, 6.45) is 0. The molecule has 0 saturated carbocycles. The first-order valence-corrected chi connectivity index (χ1v) is 7.73. The highest BCUT2D eigenvalue weighted by Crippen LogP contribution is 2.32. The molecule has 0 aromatic heterocycles. The van der Waals surface area contributed by atoms with Gasteiger partial charge in [-0.3, -0.25) is 9.59 Å². The average Bonchev–Trinajstić information content (AvgIpc) is 2.53. The fraction of sp³-hybridized carbons (Fsp3) is 0.357. The van der Waals surface area contributed by atoms with Crippen LogP contribution in [0.15, 0.2) is 23.1 Å². The molecule has 0 aliphatic carbocycles. The SMILES string of the molecule is O=C1CSc2ccc(C(=O)N3CCOC[C@H]3C(=O)O)cc2N1. The Labute approximate surface area is 130 Å². The highest BCUT2D eigenvalue weighted by Gasteiger charge is 2.33. The van der Waals surface area contributed by atoms with Crippen molar-refractivity contribution >= 4 is 35.2 Å². The maximum absolute atomic E-state index is 12.6. The van der Waals surface area contributed by atoms with Crippen LogP contribution in [0.2, 0.25) is 0 Å². The number of morpholine rings is 1. The zero-order chi connectivity index (χ0) is 15.7. The first kappa shape index (κ1) is 14.9. The molecule has 2 aliphatic rings. The zero-order valence-corrected chi connectivity index (χ0v) is 12.4. The van der Waals surface area contributed by atoms with Crippen molar-refractivity contribution in [3.8, 4) is 0 Å². The maximum Gasteiger partial charge on any atom is 0.328 e. The van der Waals surface area contributed by atoms with Gasteiger partial charge in [-0.2, -0.15) is 0 Å². The van der Waals surface area contributed by atoms with Gasteiger partial charge < -0.3 is 20.1 Å². The molecule has 0 bridgehead atoms. The van der Waals surface area contributed by atoms with Crippen LogP contribution in [0.25, 0.3) is 0 Å². The lowest BCUT2D eigenvalue weighted by molar-refractivity contribution is -0.147. The van der Waals surface area contributed by atoms with E-state index in [0.717, 1.165) is 4.90 Å². The number of carboxylic acid groups (broad SMARTS) is 1. The fourth-order valence-corrected chi connectivity index (χ4v) is 3.22. The molecule has 1 aromatic carbocycles. The van der Waals surface area contributed by atoms with E-state index in [2.05, 4.69) is 5.32 Å². The van der Waals surface area contributed by atoms with Gasteiger partial charge in [0.2, 0.25) is 5.91 Å². The Hall–Kier alpha value is -2.06. The number of anilines is 1. The third-order valence-corrected chi connectivity index (χ3v) is 4.61. The van der Waals surface area contributed by atoms with Crippen LogP contribution in [0.3, 0.4) is 0 Å². The van der Waals surface area contributed by atoms with Crippen LogP contribution >= 0.6 is 11.8 Å². The van der Waals surface area contributed by atoms with Gasteiger partial charge in [-0.1, -0.05) is 0 Å². The van der Waals surface area contributed by atoms with Gasteiger partial charge in [-0.05, 0) is 18.2 Å². The zero-order valence-electron chi connectivity index (χ0n) is 11.6. The molecule has 2 N–H and O–H groups in total. The van der Waals surface area contributed by atoms with Crippen molar-refractivity contribution in [1.82, 2.24) is 4.90 Å². The minimum absolute atomic E-state index is 0.0153. The monoisotopic (exact) mass is 322 g/mol. The van der Waals surface area contributed by atoms with E-state index < -0.39 is 12.0 Å². The molecule has 0 radical (unpaired) electrons. The van der Waals surface area contributed by atoms with Gasteiger partial charge in [0, 0.05) is 17.0 Å². The van der Waals surface area contributed by atoms with Gasteiger partial charge >= 0.3 is 5.97 Å². The van der Waals surface area contributed by atoms with Gasteiger partial charge in [0.05, 0.1) is 24.7 Å². The van der Waals surface area contributed by atoms with Gasteiger partial charge in [0.25, 0.3) is 5.91 Å². The first-order chi connectivity index (χ1) is 10.6. The number of hydrogen-bond donors (Lipinski definition) is 2. The Kier molecular flexibility index (Phi) is 4.04. The summed E-state index contributed by atoms with van der Waals surface area (Å²) in [5.41, 5.74) is 0.946. The fourth-order valence-electron chi connectivity index (χ4n) is 2.43. The number of thioether (sulfide) groups is 1. The van der Waals surface area contributed by atoms with Crippen molar-refractivity contribution in [2.75, 3.05) is 30.8 Å². The molecule has 1 atom stereocenters. The predicted molar refractivity (Wildman–Crippen MR) is 79.1 cm³/mol. The largest absolute Gasteiger partial charge is 0.480 e. The standard InChI is InChI=1S/C14H14N2O5S/c17-12-7-22-11-2-1-8(5-9(11)15-12)13(18)16-3-4-21-6-10(16)14(19)20/h1-2,5,10H,3-4,6-7H2,(H,15,17)(H,19,20)/t10-/m0/s1. The third-order valence-electron chi connectivity index (χ3n) is 3.53. The van der Waals surface area contributed by atoms with E-state index in [-0.39, 0.29) is 25.0 Å². The molecule has 3 rings (SSSR count). The lowest BCUT2D eigenvalue weighted by Gasteiger charge is -2.33. The highest BCUT2D eigenvalue weighted by molar-refractivity contribution is 8.00. The number of ether oxygens (including phenoxy) is 1. The summed E-state index contributed by atoms with van der Waals surface area (Å²) < 4.78 is 5.13. The van der Waals surface area contributed by atoms with Crippen molar-refractivity contribution in [3.05, 3.63) is 23.8 Å². The summed E-state index contributed by atoms with van der Waals surface area (Å²) in [7, 11) is 0. The van der Waals surface area contributed by atoms with E-state index in [4.69, 9.17) is 4.74 Å². The van der Waals surface area contributed by atoms with E-state index in [0.29, 0.717) is 23.6 Å². The summed E-state index contributed by atoms with van der Waals surface area (Å²) in [6, 6.07) is 4.03. The molecule has 22 heavy (non-hydrogen) atoms. The van der Waals surface area contributed by atoms with Gasteiger partial charge in [-0.25, -0.2) is 4.79 Å². The molecule has 2 amide bonds. The Morgan fingerprint density at radius 1 is 1.41 bits per heavy atom. The molecule has 2 heterocycles. The Morgan fingerprint density at radius 2 is 2.23 bits per heavy atom. The van der Waals surface area contributed by atoms with E-state index >= 15 is 0 Å². The quantitative estimate of drug-likeness (QED) is 0.830. The lowest BCUT2D eigenvalue weighted by atomic mass is 10.1. The smallest absolute Gasteiger partial charge is 0.328 e. The molecule has 2 aliphatic heterocycles. The molecular weight excluding hydrogens is 308 g/mol.